The quantitative estimate of drug-likeness (QED) is 0.318. The van der Waals surface area contributed by atoms with Crippen LogP contribution in [0.5, 0.6) is 0 Å². The number of hydrogen-bond acceptors (Lipinski definition) is 6. The Hall–Kier alpha value is -1.52. The number of aryl methyl sites for hydroxylation is 2. The van der Waals surface area contributed by atoms with Crippen LogP contribution in [0.15, 0.2) is 82.6 Å². The number of fused-ring (bicyclic) bond motifs is 2. The summed E-state index contributed by atoms with van der Waals surface area (Å²) in [6.07, 6.45) is 0. The van der Waals surface area contributed by atoms with Crippen molar-refractivity contribution in [2.24, 2.45) is 0 Å². The summed E-state index contributed by atoms with van der Waals surface area (Å²) in [7, 11) is -8.71. The van der Waals surface area contributed by atoms with E-state index in [4.69, 9.17) is 0 Å². The van der Waals surface area contributed by atoms with Gasteiger partial charge in [-0.2, -0.15) is 0 Å². The maximum Gasteiger partial charge on any atom is 2.00 e. The summed E-state index contributed by atoms with van der Waals surface area (Å²) in [5.74, 6) is 0. The second-order valence-corrected chi connectivity index (χ2v) is 9.69. The maximum absolute atomic E-state index is 10.8. The molecule has 4 rings (SSSR count). The van der Waals surface area contributed by atoms with Crippen molar-refractivity contribution in [3.63, 3.8) is 0 Å². The van der Waals surface area contributed by atoms with Gasteiger partial charge in [-0.1, -0.05) is 59.7 Å². The minimum Gasteiger partial charge on any atom is -0.744 e. The molecule has 6 nitrogen and oxygen atoms in total. The fraction of sp³-hybridized carbons (Fsp3) is 0.0909. The Kier molecular flexibility index (Phi) is 8.27. The Balaban J connectivity index is 0.000000213. The van der Waals surface area contributed by atoms with E-state index in [1.807, 2.05) is 38.1 Å². The second kappa shape index (κ2) is 9.95. The average molecular weight is 483 g/mol. The predicted octanol–water partition coefficient (Wildman–Crippen LogP) is 3.72. The minimum atomic E-state index is -4.35. The topological polar surface area (TPSA) is 114 Å². The molecule has 0 aliphatic carbocycles. The van der Waals surface area contributed by atoms with Gasteiger partial charge < -0.3 is 9.11 Å². The number of benzene rings is 4. The van der Waals surface area contributed by atoms with Gasteiger partial charge in [-0.05, 0) is 59.7 Å². The van der Waals surface area contributed by atoms with Gasteiger partial charge in [0.1, 0.15) is 20.2 Å². The molecule has 0 aromatic heterocycles. The first-order chi connectivity index (χ1) is 13.9. The second-order valence-electron chi connectivity index (χ2n) is 6.93. The van der Waals surface area contributed by atoms with Crippen LogP contribution in [-0.4, -0.2) is 63.7 Å². The van der Waals surface area contributed by atoms with Crippen LogP contribution in [0, 0.1) is 13.8 Å². The van der Waals surface area contributed by atoms with Gasteiger partial charge in [0, 0.05) is 0 Å². The summed E-state index contributed by atoms with van der Waals surface area (Å²) < 4.78 is 64.7. The van der Waals surface area contributed by atoms with E-state index in [9.17, 15) is 25.9 Å². The summed E-state index contributed by atoms with van der Waals surface area (Å²) in [4.78, 5) is -0.363. The van der Waals surface area contributed by atoms with E-state index in [2.05, 4.69) is 0 Å². The third kappa shape index (κ3) is 6.73. The van der Waals surface area contributed by atoms with Gasteiger partial charge in [-0.25, -0.2) is 16.8 Å². The molecule has 0 atom stereocenters. The van der Waals surface area contributed by atoms with Crippen molar-refractivity contribution in [1.82, 2.24) is 0 Å². The standard InChI is InChI=1S/2C11H10O3S.Ca/c2*1-8-2-3-10-7-11(15(12,13)14)5-4-9(10)6-8;/h2*2-7H,1H3,(H,12,13,14);/q;;+2/p-2. The van der Waals surface area contributed by atoms with Gasteiger partial charge >= 0.3 is 37.7 Å². The van der Waals surface area contributed by atoms with E-state index < -0.39 is 20.2 Å². The van der Waals surface area contributed by atoms with Crippen LogP contribution in [0.1, 0.15) is 11.1 Å². The van der Waals surface area contributed by atoms with Crippen molar-refractivity contribution in [2.75, 3.05) is 0 Å². The Morgan fingerprint density at radius 2 is 0.806 bits per heavy atom. The molecule has 0 saturated carbocycles. The Labute approximate surface area is 211 Å². The van der Waals surface area contributed by atoms with Gasteiger partial charge in [0.2, 0.25) is 0 Å². The molecule has 4 aromatic rings. The van der Waals surface area contributed by atoms with Crippen LogP contribution < -0.4 is 0 Å². The third-order valence-electron chi connectivity index (χ3n) is 4.51. The molecule has 0 amide bonds. The zero-order chi connectivity index (χ0) is 22.1. The third-order valence-corrected chi connectivity index (χ3v) is 6.17. The Bertz CT molecular complexity index is 1350. The smallest absolute Gasteiger partial charge is 0.744 e. The van der Waals surface area contributed by atoms with Gasteiger partial charge in [0.05, 0.1) is 9.79 Å². The van der Waals surface area contributed by atoms with Crippen LogP contribution in [0.2, 0.25) is 0 Å². The van der Waals surface area contributed by atoms with Crippen molar-refractivity contribution in [2.45, 2.75) is 23.6 Å². The van der Waals surface area contributed by atoms with Gasteiger partial charge in [-0.15, -0.1) is 0 Å². The molecule has 0 N–H and O–H groups in total. The Morgan fingerprint density at radius 1 is 0.516 bits per heavy atom. The predicted molar refractivity (Wildman–Crippen MR) is 119 cm³/mol. The zero-order valence-electron chi connectivity index (χ0n) is 16.9. The van der Waals surface area contributed by atoms with E-state index in [0.717, 1.165) is 32.7 Å². The normalized spacial score (nSPS) is 11.5. The van der Waals surface area contributed by atoms with Crippen LogP contribution in [-0.2, 0) is 20.2 Å². The summed E-state index contributed by atoms with van der Waals surface area (Å²) in [5.41, 5.74) is 2.19. The molecule has 0 saturated heterocycles. The summed E-state index contributed by atoms with van der Waals surface area (Å²) in [6.45, 7) is 3.91. The average Bonchev–Trinajstić information content (AvgIpc) is 2.66. The molecule has 0 aliphatic heterocycles. The molecular weight excluding hydrogens is 464 g/mol. The van der Waals surface area contributed by atoms with E-state index >= 15 is 0 Å². The maximum atomic E-state index is 10.8. The molecule has 0 heterocycles. The van der Waals surface area contributed by atoms with Crippen molar-refractivity contribution in [3.8, 4) is 0 Å². The molecule has 4 aromatic carbocycles. The van der Waals surface area contributed by atoms with Crippen LogP contribution in [0.25, 0.3) is 21.5 Å². The molecule has 156 valence electrons. The zero-order valence-corrected chi connectivity index (χ0v) is 20.7. The fourth-order valence-electron chi connectivity index (χ4n) is 3.00. The molecular formula is C22H18CaO6S2. The Morgan fingerprint density at radius 3 is 1.13 bits per heavy atom. The van der Waals surface area contributed by atoms with Crippen LogP contribution >= 0.6 is 0 Å². The van der Waals surface area contributed by atoms with Crippen LogP contribution in [0.3, 0.4) is 0 Å². The first kappa shape index (κ1) is 25.7. The van der Waals surface area contributed by atoms with Gasteiger partial charge in [0.25, 0.3) is 0 Å². The van der Waals surface area contributed by atoms with E-state index in [1.54, 1.807) is 24.3 Å². The van der Waals surface area contributed by atoms with Crippen molar-refractivity contribution in [3.05, 3.63) is 83.9 Å². The fourth-order valence-corrected chi connectivity index (χ4v) is 4.01. The molecule has 0 radical (unpaired) electrons. The van der Waals surface area contributed by atoms with E-state index in [-0.39, 0.29) is 47.5 Å². The first-order valence-electron chi connectivity index (χ1n) is 8.86. The van der Waals surface area contributed by atoms with Gasteiger partial charge in [-0.3, -0.25) is 0 Å². The number of rotatable bonds is 2. The molecule has 9 heteroatoms. The first-order valence-corrected chi connectivity index (χ1v) is 11.7. The molecule has 0 unspecified atom stereocenters. The van der Waals surface area contributed by atoms with Crippen molar-refractivity contribution >= 4 is 79.5 Å². The van der Waals surface area contributed by atoms with Crippen LogP contribution in [0.4, 0.5) is 0 Å². The largest absolute Gasteiger partial charge is 2.00 e. The number of hydrogen-bond donors (Lipinski definition) is 0. The van der Waals surface area contributed by atoms with Crippen molar-refractivity contribution in [1.29, 1.82) is 0 Å². The summed E-state index contributed by atoms with van der Waals surface area (Å²) in [6, 6.07) is 20.0. The summed E-state index contributed by atoms with van der Waals surface area (Å²) in [5, 5.41) is 3.39. The van der Waals surface area contributed by atoms with E-state index in [0.29, 0.717) is 0 Å². The monoisotopic (exact) mass is 482 g/mol. The molecule has 0 aliphatic rings. The van der Waals surface area contributed by atoms with Crippen molar-refractivity contribution < 1.29 is 25.9 Å². The SMILES string of the molecule is Cc1ccc2cc(S(=O)(=O)[O-])ccc2c1.Cc1ccc2cc(S(=O)(=O)[O-])ccc2c1.[Ca+2]. The molecule has 31 heavy (non-hydrogen) atoms. The molecule has 0 bridgehead atoms. The van der Waals surface area contributed by atoms with Gasteiger partial charge in [0.15, 0.2) is 0 Å². The van der Waals surface area contributed by atoms with E-state index in [1.165, 1.54) is 24.3 Å². The molecule has 0 spiro atoms. The molecule has 0 fully saturated rings. The summed E-state index contributed by atoms with van der Waals surface area (Å²) >= 11 is 0. The minimum absolute atomic E-state index is 0.